The number of rotatable bonds is 6. The van der Waals surface area contributed by atoms with E-state index in [-0.39, 0.29) is 5.91 Å². The van der Waals surface area contributed by atoms with Crippen LogP contribution in [0.15, 0.2) is 48.6 Å². The predicted molar refractivity (Wildman–Crippen MR) is 88.1 cm³/mol. The van der Waals surface area contributed by atoms with Gasteiger partial charge in [-0.1, -0.05) is 56.3 Å². The quantitative estimate of drug-likeness (QED) is 0.626. The largest absolute Gasteiger partial charge is 0.352 e. The molecule has 0 aromatic heterocycles. The lowest BCUT2D eigenvalue weighted by Gasteiger charge is -2.04. The lowest BCUT2D eigenvalue weighted by molar-refractivity contribution is -0.116. The minimum atomic E-state index is -0.0124. The number of amides is 1. The highest BCUT2D eigenvalue weighted by Gasteiger charge is 2.19. The molecule has 1 amide bonds. The van der Waals surface area contributed by atoms with Crippen LogP contribution >= 0.6 is 0 Å². The van der Waals surface area contributed by atoms with E-state index in [2.05, 4.69) is 49.5 Å². The normalized spacial score (nSPS) is 15.2. The molecule has 2 nitrogen and oxygen atoms in total. The summed E-state index contributed by atoms with van der Waals surface area (Å²) < 4.78 is 0. The van der Waals surface area contributed by atoms with Crippen LogP contribution in [0.1, 0.15) is 31.4 Å². The van der Waals surface area contributed by atoms with Gasteiger partial charge in [0.15, 0.2) is 0 Å². The summed E-state index contributed by atoms with van der Waals surface area (Å²) in [6, 6.07) is 8.71. The summed E-state index contributed by atoms with van der Waals surface area (Å²) in [4.78, 5) is 11.5. The summed E-state index contributed by atoms with van der Waals surface area (Å²) in [5, 5.41) is 2.87. The van der Waals surface area contributed by atoms with Gasteiger partial charge < -0.3 is 5.32 Å². The first-order chi connectivity index (χ1) is 10.1. The summed E-state index contributed by atoms with van der Waals surface area (Å²) in [6.45, 7) is 4.90. The van der Waals surface area contributed by atoms with E-state index in [9.17, 15) is 4.79 Å². The minimum absolute atomic E-state index is 0.0124. The molecule has 0 heterocycles. The topological polar surface area (TPSA) is 29.1 Å². The molecule has 2 heteroatoms. The van der Waals surface area contributed by atoms with E-state index in [0.29, 0.717) is 11.8 Å². The zero-order chi connectivity index (χ0) is 15.1. The molecule has 0 atom stereocenters. The van der Waals surface area contributed by atoms with E-state index >= 15 is 0 Å². The fourth-order valence-electron chi connectivity index (χ4n) is 2.67. The third kappa shape index (κ3) is 5.22. The number of allylic oxidation sites excluding steroid dienone is 3. The van der Waals surface area contributed by atoms with E-state index in [1.54, 1.807) is 6.08 Å². The molecule has 1 aromatic carbocycles. The second-order valence-corrected chi connectivity index (χ2v) is 6.20. The Morgan fingerprint density at radius 2 is 1.90 bits per heavy atom. The van der Waals surface area contributed by atoms with Crippen molar-refractivity contribution in [3.63, 3.8) is 0 Å². The van der Waals surface area contributed by atoms with Crippen molar-refractivity contribution >= 4 is 5.91 Å². The summed E-state index contributed by atoms with van der Waals surface area (Å²) in [6.07, 6.45) is 11.0. The smallest absolute Gasteiger partial charge is 0.243 e. The summed E-state index contributed by atoms with van der Waals surface area (Å²) in [5.74, 6) is 1.19. The first kappa shape index (κ1) is 15.6. The Morgan fingerprint density at radius 1 is 1.24 bits per heavy atom. The van der Waals surface area contributed by atoms with Gasteiger partial charge in [0.1, 0.15) is 0 Å². The Kier molecular flexibility index (Phi) is 5.79. The van der Waals surface area contributed by atoms with Crippen LogP contribution in [0.25, 0.3) is 0 Å². The fraction of sp³-hybridized carbons (Fsp3) is 0.421. The molecule has 112 valence electrons. The Labute approximate surface area is 128 Å². The van der Waals surface area contributed by atoms with Gasteiger partial charge in [0.05, 0.1) is 0 Å². The Bertz CT molecular complexity index is 503. The van der Waals surface area contributed by atoms with Crippen LogP contribution in [0, 0.1) is 11.8 Å². The number of nitrogens with one attached hydrogen (secondary N) is 1. The number of fused-ring (bicyclic) bond motifs is 1. The highest BCUT2D eigenvalue weighted by molar-refractivity contribution is 5.87. The van der Waals surface area contributed by atoms with Gasteiger partial charge in [-0.25, -0.2) is 0 Å². The van der Waals surface area contributed by atoms with Crippen LogP contribution in [-0.2, 0) is 17.6 Å². The van der Waals surface area contributed by atoms with Crippen molar-refractivity contribution in [1.29, 1.82) is 0 Å². The van der Waals surface area contributed by atoms with Gasteiger partial charge in [0.2, 0.25) is 5.91 Å². The molecule has 1 aliphatic carbocycles. The van der Waals surface area contributed by atoms with Gasteiger partial charge in [-0.2, -0.15) is 0 Å². The first-order valence-electron chi connectivity index (χ1n) is 7.83. The van der Waals surface area contributed by atoms with Crippen LogP contribution in [0.4, 0.5) is 0 Å². The number of benzene rings is 1. The minimum Gasteiger partial charge on any atom is -0.352 e. The van der Waals surface area contributed by atoms with Crippen molar-refractivity contribution in [3.8, 4) is 0 Å². The monoisotopic (exact) mass is 283 g/mol. The number of carbonyl (C=O) groups excluding carboxylic acids is 1. The molecule has 1 aliphatic rings. The van der Waals surface area contributed by atoms with Crippen molar-refractivity contribution in [2.75, 3.05) is 6.54 Å². The Hall–Kier alpha value is -1.83. The van der Waals surface area contributed by atoms with E-state index in [1.807, 2.05) is 12.2 Å². The molecular formula is C19H25NO. The fourth-order valence-corrected chi connectivity index (χ4v) is 2.67. The van der Waals surface area contributed by atoms with Crippen molar-refractivity contribution in [3.05, 3.63) is 59.7 Å². The van der Waals surface area contributed by atoms with E-state index in [1.165, 1.54) is 24.0 Å². The summed E-state index contributed by atoms with van der Waals surface area (Å²) in [5.41, 5.74) is 3.00. The molecule has 0 saturated carbocycles. The molecular weight excluding hydrogens is 258 g/mol. The average molecular weight is 283 g/mol. The van der Waals surface area contributed by atoms with Crippen molar-refractivity contribution < 1.29 is 4.79 Å². The second kappa shape index (κ2) is 7.82. The highest BCUT2D eigenvalue weighted by atomic mass is 16.1. The maximum atomic E-state index is 11.5. The number of hydrogen-bond donors (Lipinski definition) is 1. The van der Waals surface area contributed by atoms with Crippen LogP contribution < -0.4 is 5.32 Å². The van der Waals surface area contributed by atoms with Gasteiger partial charge >= 0.3 is 0 Å². The molecule has 0 radical (unpaired) electrons. The van der Waals surface area contributed by atoms with Crippen molar-refractivity contribution in [1.82, 2.24) is 5.32 Å². The van der Waals surface area contributed by atoms with Gasteiger partial charge in [-0.3, -0.25) is 4.79 Å². The van der Waals surface area contributed by atoms with Gasteiger partial charge in [-0.15, -0.1) is 0 Å². The lowest BCUT2D eigenvalue weighted by Crippen LogP contribution is -2.25. The van der Waals surface area contributed by atoms with Crippen LogP contribution in [0.5, 0.6) is 0 Å². The second-order valence-electron chi connectivity index (χ2n) is 6.20. The van der Waals surface area contributed by atoms with Crippen LogP contribution in [0.3, 0.4) is 0 Å². The van der Waals surface area contributed by atoms with Gasteiger partial charge in [-0.05, 0) is 42.2 Å². The SMILES string of the molecule is CC(C)CNC(=O)C=CC=CCC1Cc2ccccc2C1. The zero-order valence-corrected chi connectivity index (χ0v) is 13.0. The molecule has 0 fully saturated rings. The van der Waals surface area contributed by atoms with Gasteiger partial charge in [0, 0.05) is 12.6 Å². The van der Waals surface area contributed by atoms with Crippen molar-refractivity contribution in [2.24, 2.45) is 11.8 Å². The number of hydrogen-bond acceptors (Lipinski definition) is 1. The molecule has 21 heavy (non-hydrogen) atoms. The van der Waals surface area contributed by atoms with Crippen molar-refractivity contribution in [2.45, 2.75) is 33.1 Å². The molecule has 0 aliphatic heterocycles. The summed E-state index contributed by atoms with van der Waals surface area (Å²) in [7, 11) is 0. The Balaban J connectivity index is 1.69. The zero-order valence-electron chi connectivity index (χ0n) is 13.0. The molecule has 0 spiro atoms. The standard InChI is InChI=1S/C19H25NO/c1-15(2)14-20-19(21)11-5-3-4-8-16-12-17-9-6-7-10-18(17)13-16/h3-7,9-11,15-16H,8,12-14H2,1-2H3,(H,20,21). The summed E-state index contributed by atoms with van der Waals surface area (Å²) >= 11 is 0. The average Bonchev–Trinajstić information content (AvgIpc) is 2.87. The lowest BCUT2D eigenvalue weighted by atomic mass is 10.0. The maximum Gasteiger partial charge on any atom is 0.243 e. The molecule has 0 unspecified atom stereocenters. The molecule has 1 N–H and O–H groups in total. The molecule has 0 saturated heterocycles. The Morgan fingerprint density at radius 3 is 2.52 bits per heavy atom. The van der Waals surface area contributed by atoms with Crippen LogP contribution in [-0.4, -0.2) is 12.5 Å². The molecule has 2 rings (SSSR count). The maximum absolute atomic E-state index is 11.5. The molecule has 0 bridgehead atoms. The molecule has 1 aromatic rings. The predicted octanol–water partition coefficient (Wildman–Crippen LogP) is 3.68. The van der Waals surface area contributed by atoms with E-state index in [0.717, 1.165) is 13.0 Å². The van der Waals surface area contributed by atoms with E-state index in [4.69, 9.17) is 0 Å². The third-order valence-electron chi connectivity index (χ3n) is 3.78. The van der Waals surface area contributed by atoms with Crippen LogP contribution in [0.2, 0.25) is 0 Å². The van der Waals surface area contributed by atoms with E-state index < -0.39 is 0 Å². The highest BCUT2D eigenvalue weighted by Crippen LogP contribution is 2.28. The first-order valence-corrected chi connectivity index (χ1v) is 7.83. The number of carbonyl (C=O) groups is 1. The van der Waals surface area contributed by atoms with Gasteiger partial charge in [0.25, 0.3) is 0 Å². The third-order valence-corrected chi connectivity index (χ3v) is 3.78.